The Bertz CT molecular complexity index is 1090. The molecule has 180 valence electrons. The Labute approximate surface area is 199 Å². The highest BCUT2D eigenvalue weighted by atomic mass is 16.7. The number of aliphatic hydroxyl groups excluding tert-OH is 1. The van der Waals surface area contributed by atoms with Crippen molar-refractivity contribution in [2.75, 3.05) is 40.1 Å². The predicted molar refractivity (Wildman–Crippen MR) is 127 cm³/mol. The Morgan fingerprint density at radius 2 is 1.79 bits per heavy atom. The maximum Gasteiger partial charge on any atom is 0.295 e. The highest BCUT2D eigenvalue weighted by Gasteiger charge is 2.45. The van der Waals surface area contributed by atoms with Gasteiger partial charge in [0.25, 0.3) is 11.7 Å². The van der Waals surface area contributed by atoms with Crippen LogP contribution < -0.4 is 14.2 Å². The summed E-state index contributed by atoms with van der Waals surface area (Å²) in [6.07, 6.45) is 0.714. The predicted octanol–water partition coefficient (Wildman–Crippen LogP) is 3.58. The van der Waals surface area contributed by atoms with Crippen LogP contribution in [0.3, 0.4) is 0 Å². The minimum absolute atomic E-state index is 0.0665. The number of ether oxygens (including phenoxy) is 3. The number of Topliss-reactive ketones (excluding diaryl/α,β-unsaturated/α-hetero) is 1. The number of ketones is 1. The molecule has 2 aliphatic heterocycles. The zero-order chi connectivity index (χ0) is 24.2. The average molecular weight is 467 g/mol. The van der Waals surface area contributed by atoms with Gasteiger partial charge in [-0.2, -0.15) is 0 Å². The lowest BCUT2D eigenvalue weighted by Crippen LogP contribution is -2.33. The molecule has 0 aromatic heterocycles. The smallest absolute Gasteiger partial charge is 0.295 e. The summed E-state index contributed by atoms with van der Waals surface area (Å²) >= 11 is 0. The lowest BCUT2D eigenvalue weighted by atomic mass is 9.95. The van der Waals surface area contributed by atoms with Crippen molar-refractivity contribution in [3.8, 4) is 17.2 Å². The van der Waals surface area contributed by atoms with Crippen LogP contribution >= 0.6 is 0 Å². The quantitative estimate of drug-likeness (QED) is 0.343. The van der Waals surface area contributed by atoms with E-state index in [2.05, 4.69) is 18.7 Å². The number of aliphatic hydroxyl groups is 1. The van der Waals surface area contributed by atoms with Crippen LogP contribution in [0.4, 0.5) is 0 Å². The van der Waals surface area contributed by atoms with E-state index in [-0.39, 0.29) is 18.1 Å². The molecule has 1 amide bonds. The molecule has 0 radical (unpaired) electrons. The number of rotatable bonds is 9. The van der Waals surface area contributed by atoms with E-state index in [0.717, 1.165) is 25.2 Å². The lowest BCUT2D eigenvalue weighted by molar-refractivity contribution is -0.140. The molecule has 0 saturated carbocycles. The Balaban J connectivity index is 1.73. The van der Waals surface area contributed by atoms with Crippen LogP contribution in [0.2, 0.25) is 0 Å². The number of likely N-dealkylation sites (tertiary alicyclic amines) is 1. The molecule has 34 heavy (non-hydrogen) atoms. The summed E-state index contributed by atoms with van der Waals surface area (Å²) in [6, 6.07) is 11.5. The Hall–Kier alpha value is -3.52. The molecule has 0 aliphatic carbocycles. The van der Waals surface area contributed by atoms with Crippen molar-refractivity contribution in [2.24, 2.45) is 0 Å². The van der Waals surface area contributed by atoms with E-state index in [1.807, 2.05) is 12.1 Å². The number of hydrogen-bond acceptors (Lipinski definition) is 7. The SMILES string of the molecule is CCN(CC)CCCN1C(=O)C(=O)/C(=C(/O)c2ccc3c(c2)OCO3)C1c1ccc(OC)cc1. The molecule has 1 fully saturated rings. The Kier molecular flexibility index (Phi) is 7.07. The first kappa shape index (κ1) is 23.6. The zero-order valence-corrected chi connectivity index (χ0v) is 19.7. The monoisotopic (exact) mass is 466 g/mol. The first-order valence-electron chi connectivity index (χ1n) is 11.5. The Morgan fingerprint density at radius 1 is 1.09 bits per heavy atom. The molecule has 0 bridgehead atoms. The summed E-state index contributed by atoms with van der Waals surface area (Å²) in [4.78, 5) is 30.1. The van der Waals surface area contributed by atoms with Gasteiger partial charge in [0, 0.05) is 12.1 Å². The molecule has 2 heterocycles. The van der Waals surface area contributed by atoms with Crippen LogP contribution in [0.1, 0.15) is 37.4 Å². The lowest BCUT2D eigenvalue weighted by Gasteiger charge is -2.27. The minimum atomic E-state index is -0.701. The number of carbonyl (C=O) groups is 2. The van der Waals surface area contributed by atoms with Crippen molar-refractivity contribution < 1.29 is 28.9 Å². The second-order valence-corrected chi connectivity index (χ2v) is 8.21. The third-order valence-electron chi connectivity index (χ3n) is 6.39. The molecule has 0 spiro atoms. The fourth-order valence-electron chi connectivity index (χ4n) is 4.45. The standard InChI is InChI=1S/C26H30N2O6/c1-4-27(5-2)13-6-14-28-23(17-7-10-19(32-3)11-8-17)22(25(30)26(28)31)24(29)18-9-12-20-21(15-18)34-16-33-20/h7-12,15,23,29H,4-6,13-14,16H2,1-3H3/b24-22+. The van der Waals surface area contributed by atoms with Crippen LogP contribution in [0.25, 0.3) is 5.76 Å². The van der Waals surface area contributed by atoms with Gasteiger partial charge in [0.1, 0.15) is 11.5 Å². The van der Waals surface area contributed by atoms with Crippen LogP contribution in [-0.4, -0.2) is 66.7 Å². The third kappa shape index (κ3) is 4.46. The van der Waals surface area contributed by atoms with Gasteiger partial charge in [0.2, 0.25) is 6.79 Å². The second-order valence-electron chi connectivity index (χ2n) is 8.21. The van der Waals surface area contributed by atoms with E-state index in [0.29, 0.717) is 35.8 Å². The first-order chi connectivity index (χ1) is 16.5. The molecule has 1 N–H and O–H groups in total. The second kappa shape index (κ2) is 10.2. The minimum Gasteiger partial charge on any atom is -0.507 e. The van der Waals surface area contributed by atoms with Gasteiger partial charge < -0.3 is 29.1 Å². The van der Waals surface area contributed by atoms with E-state index >= 15 is 0 Å². The van der Waals surface area contributed by atoms with Crippen molar-refractivity contribution in [3.05, 3.63) is 59.2 Å². The van der Waals surface area contributed by atoms with Gasteiger partial charge in [-0.3, -0.25) is 9.59 Å². The maximum absolute atomic E-state index is 13.2. The van der Waals surface area contributed by atoms with Gasteiger partial charge in [-0.1, -0.05) is 26.0 Å². The molecule has 8 heteroatoms. The summed E-state index contributed by atoms with van der Waals surface area (Å²) in [7, 11) is 1.58. The van der Waals surface area contributed by atoms with E-state index in [1.54, 1.807) is 42.3 Å². The third-order valence-corrected chi connectivity index (χ3v) is 6.39. The normalized spacial score (nSPS) is 18.7. The summed E-state index contributed by atoms with van der Waals surface area (Å²) in [5, 5.41) is 11.2. The van der Waals surface area contributed by atoms with Crippen molar-refractivity contribution in [3.63, 3.8) is 0 Å². The van der Waals surface area contributed by atoms with Crippen molar-refractivity contribution in [1.29, 1.82) is 0 Å². The van der Waals surface area contributed by atoms with Crippen LogP contribution in [-0.2, 0) is 9.59 Å². The van der Waals surface area contributed by atoms with E-state index in [1.165, 1.54) is 0 Å². The highest BCUT2D eigenvalue weighted by Crippen LogP contribution is 2.41. The number of amides is 1. The van der Waals surface area contributed by atoms with Crippen LogP contribution in [0.5, 0.6) is 17.2 Å². The summed E-state index contributed by atoms with van der Waals surface area (Å²) in [6.45, 7) is 7.34. The van der Waals surface area contributed by atoms with Gasteiger partial charge in [-0.15, -0.1) is 0 Å². The maximum atomic E-state index is 13.2. The number of methoxy groups -OCH3 is 1. The van der Waals surface area contributed by atoms with E-state index in [4.69, 9.17) is 14.2 Å². The molecule has 1 atom stereocenters. The largest absolute Gasteiger partial charge is 0.507 e. The van der Waals surface area contributed by atoms with Gasteiger partial charge >= 0.3 is 0 Å². The highest BCUT2D eigenvalue weighted by molar-refractivity contribution is 6.46. The molecule has 2 aliphatic rings. The van der Waals surface area contributed by atoms with Gasteiger partial charge in [-0.05, 0) is 62.0 Å². The molecule has 4 rings (SSSR count). The zero-order valence-electron chi connectivity index (χ0n) is 19.7. The van der Waals surface area contributed by atoms with Gasteiger partial charge in [-0.25, -0.2) is 0 Å². The topological polar surface area (TPSA) is 88.5 Å². The number of nitrogens with zero attached hydrogens (tertiary/aromatic N) is 2. The molecule has 1 unspecified atom stereocenters. The molecular formula is C26H30N2O6. The Morgan fingerprint density at radius 3 is 2.47 bits per heavy atom. The summed E-state index contributed by atoms with van der Waals surface area (Å²) < 4.78 is 16.0. The number of fused-ring (bicyclic) bond motifs is 1. The van der Waals surface area contributed by atoms with Gasteiger partial charge in [0.05, 0.1) is 18.7 Å². The number of carbonyl (C=O) groups excluding carboxylic acids is 2. The van der Waals surface area contributed by atoms with E-state index in [9.17, 15) is 14.7 Å². The van der Waals surface area contributed by atoms with Gasteiger partial charge in [0.15, 0.2) is 11.5 Å². The first-order valence-corrected chi connectivity index (χ1v) is 11.5. The summed E-state index contributed by atoms with van der Waals surface area (Å²) in [5.74, 6) is 0.182. The number of hydrogen-bond donors (Lipinski definition) is 1. The van der Waals surface area contributed by atoms with Crippen molar-refractivity contribution >= 4 is 17.4 Å². The van der Waals surface area contributed by atoms with E-state index < -0.39 is 17.7 Å². The number of benzene rings is 2. The molecule has 2 aromatic carbocycles. The molecule has 2 aromatic rings. The fraction of sp³-hybridized carbons (Fsp3) is 0.385. The van der Waals surface area contributed by atoms with Crippen LogP contribution in [0.15, 0.2) is 48.0 Å². The van der Waals surface area contributed by atoms with Crippen molar-refractivity contribution in [1.82, 2.24) is 9.80 Å². The molecule has 8 nitrogen and oxygen atoms in total. The van der Waals surface area contributed by atoms with Crippen LogP contribution in [0, 0.1) is 0 Å². The summed E-state index contributed by atoms with van der Waals surface area (Å²) in [5.41, 5.74) is 1.19. The average Bonchev–Trinajstić information content (AvgIpc) is 3.44. The molecule has 1 saturated heterocycles. The van der Waals surface area contributed by atoms with Crippen molar-refractivity contribution in [2.45, 2.75) is 26.3 Å². The molecular weight excluding hydrogens is 436 g/mol. The fourth-order valence-corrected chi connectivity index (χ4v) is 4.45.